The summed E-state index contributed by atoms with van der Waals surface area (Å²) in [7, 11) is 0. The zero-order chi connectivity index (χ0) is 19.6. The molecular formula is C20H17F3N4. The molecule has 3 aromatic rings. The van der Waals surface area contributed by atoms with Gasteiger partial charge in [-0.15, -0.1) is 10.2 Å². The van der Waals surface area contributed by atoms with Crippen molar-refractivity contribution in [2.75, 3.05) is 0 Å². The Labute approximate surface area is 154 Å². The second kappa shape index (κ2) is 5.58. The standard InChI is InChI=1S/C20H17F3N4/c1-19(2)14-10(6-5-7-11(14)21)16(25-20(19,3)4)18-24-13-9-8-12(22)15(23)17(13)26-27-18/h5-9H,1-4H3. The fourth-order valence-corrected chi connectivity index (χ4v) is 3.36. The fourth-order valence-electron chi connectivity index (χ4n) is 3.36. The SMILES string of the molecule is CC1(C)N=C(c2nnc3c(F)c(F)ccc3n2)c2cccc(F)c2C1(C)C. The van der Waals surface area contributed by atoms with Gasteiger partial charge < -0.3 is 0 Å². The second-order valence-corrected chi connectivity index (χ2v) is 7.67. The number of benzene rings is 2. The van der Waals surface area contributed by atoms with Crippen LogP contribution in [0.5, 0.6) is 0 Å². The molecule has 0 aliphatic carbocycles. The van der Waals surface area contributed by atoms with Gasteiger partial charge in [0.15, 0.2) is 17.2 Å². The van der Waals surface area contributed by atoms with Crippen molar-refractivity contribution in [3.8, 4) is 0 Å². The summed E-state index contributed by atoms with van der Waals surface area (Å²) in [6, 6.07) is 7.09. The monoisotopic (exact) mass is 370 g/mol. The van der Waals surface area contributed by atoms with E-state index in [1.807, 2.05) is 27.7 Å². The topological polar surface area (TPSA) is 51.0 Å². The summed E-state index contributed by atoms with van der Waals surface area (Å²) in [5.74, 6) is -2.31. The highest BCUT2D eigenvalue weighted by molar-refractivity contribution is 6.13. The van der Waals surface area contributed by atoms with Crippen molar-refractivity contribution in [1.29, 1.82) is 0 Å². The van der Waals surface area contributed by atoms with Crippen LogP contribution in [-0.2, 0) is 5.41 Å². The van der Waals surface area contributed by atoms with Crippen molar-refractivity contribution in [1.82, 2.24) is 15.2 Å². The molecule has 2 aromatic carbocycles. The van der Waals surface area contributed by atoms with E-state index in [2.05, 4.69) is 15.2 Å². The number of aromatic nitrogens is 3. The summed E-state index contributed by atoms with van der Waals surface area (Å²) >= 11 is 0. The molecule has 0 bridgehead atoms. The summed E-state index contributed by atoms with van der Waals surface area (Å²) in [4.78, 5) is 9.09. The Bertz CT molecular complexity index is 1120. The average Bonchev–Trinajstić information content (AvgIpc) is 2.61. The third kappa shape index (κ3) is 2.44. The minimum absolute atomic E-state index is 0.143. The summed E-state index contributed by atoms with van der Waals surface area (Å²) in [5.41, 5.74) is 0.155. The van der Waals surface area contributed by atoms with Gasteiger partial charge >= 0.3 is 0 Å². The molecule has 1 aromatic heterocycles. The van der Waals surface area contributed by atoms with Crippen LogP contribution in [0.2, 0.25) is 0 Å². The van der Waals surface area contributed by atoms with Crippen molar-refractivity contribution in [2.45, 2.75) is 38.6 Å². The molecule has 1 aliphatic rings. The first-order valence-corrected chi connectivity index (χ1v) is 8.51. The summed E-state index contributed by atoms with van der Waals surface area (Å²) in [6.07, 6.45) is 0. The number of halogens is 3. The molecule has 0 amide bonds. The van der Waals surface area contributed by atoms with E-state index >= 15 is 0 Å². The van der Waals surface area contributed by atoms with Crippen LogP contribution in [0.4, 0.5) is 13.2 Å². The van der Waals surface area contributed by atoms with Crippen molar-refractivity contribution >= 4 is 16.7 Å². The predicted molar refractivity (Wildman–Crippen MR) is 96.4 cm³/mol. The number of hydrogen-bond donors (Lipinski definition) is 0. The summed E-state index contributed by atoms with van der Waals surface area (Å²) < 4.78 is 42.0. The van der Waals surface area contributed by atoms with Gasteiger partial charge in [0, 0.05) is 16.5 Å². The normalized spacial score (nSPS) is 17.5. The molecule has 0 radical (unpaired) electrons. The van der Waals surface area contributed by atoms with Gasteiger partial charge in [0.25, 0.3) is 0 Å². The first-order valence-electron chi connectivity index (χ1n) is 8.51. The first-order chi connectivity index (χ1) is 12.6. The molecule has 4 rings (SSSR count). The van der Waals surface area contributed by atoms with E-state index in [1.54, 1.807) is 12.1 Å². The van der Waals surface area contributed by atoms with E-state index < -0.39 is 22.6 Å². The van der Waals surface area contributed by atoms with Crippen LogP contribution in [0.3, 0.4) is 0 Å². The maximum atomic E-state index is 14.7. The third-order valence-corrected chi connectivity index (χ3v) is 5.55. The van der Waals surface area contributed by atoms with E-state index in [0.29, 0.717) is 16.8 Å². The molecule has 27 heavy (non-hydrogen) atoms. The quantitative estimate of drug-likeness (QED) is 0.640. The van der Waals surface area contributed by atoms with Gasteiger partial charge in [0.1, 0.15) is 11.5 Å². The molecule has 0 saturated heterocycles. The van der Waals surface area contributed by atoms with E-state index in [9.17, 15) is 13.2 Å². The van der Waals surface area contributed by atoms with Gasteiger partial charge in [0.2, 0.25) is 5.82 Å². The van der Waals surface area contributed by atoms with Gasteiger partial charge in [0.05, 0.1) is 11.1 Å². The van der Waals surface area contributed by atoms with Crippen LogP contribution in [0.25, 0.3) is 11.0 Å². The van der Waals surface area contributed by atoms with Crippen LogP contribution in [0.1, 0.15) is 44.6 Å². The third-order valence-electron chi connectivity index (χ3n) is 5.55. The van der Waals surface area contributed by atoms with Crippen molar-refractivity contribution < 1.29 is 13.2 Å². The van der Waals surface area contributed by atoms with Gasteiger partial charge in [-0.3, -0.25) is 4.99 Å². The molecule has 0 spiro atoms. The minimum atomic E-state index is -1.10. The lowest BCUT2D eigenvalue weighted by Crippen LogP contribution is -2.47. The predicted octanol–water partition coefficient (Wildman–Crippen LogP) is 4.35. The van der Waals surface area contributed by atoms with Gasteiger partial charge in [-0.1, -0.05) is 26.0 Å². The lowest BCUT2D eigenvalue weighted by atomic mass is 9.66. The zero-order valence-corrected chi connectivity index (χ0v) is 15.3. The number of fused-ring (bicyclic) bond motifs is 2. The van der Waals surface area contributed by atoms with Crippen molar-refractivity contribution in [3.63, 3.8) is 0 Å². The summed E-state index contributed by atoms with van der Waals surface area (Å²) in [5, 5.41) is 7.75. The highest BCUT2D eigenvalue weighted by Gasteiger charge is 2.46. The Morgan fingerprint density at radius 3 is 2.33 bits per heavy atom. The van der Waals surface area contributed by atoms with Crippen LogP contribution in [-0.4, -0.2) is 26.4 Å². The number of hydrogen-bond acceptors (Lipinski definition) is 4. The van der Waals surface area contributed by atoms with Gasteiger partial charge in [-0.05, 0) is 32.0 Å². The molecule has 1 aliphatic heterocycles. The van der Waals surface area contributed by atoms with E-state index in [1.165, 1.54) is 12.1 Å². The second-order valence-electron chi connectivity index (χ2n) is 7.67. The van der Waals surface area contributed by atoms with Crippen LogP contribution in [0, 0.1) is 17.5 Å². The highest BCUT2D eigenvalue weighted by atomic mass is 19.2. The van der Waals surface area contributed by atoms with Crippen molar-refractivity contribution in [2.24, 2.45) is 4.99 Å². The Kier molecular flexibility index (Phi) is 3.63. The molecule has 4 nitrogen and oxygen atoms in total. The Balaban J connectivity index is 1.99. The van der Waals surface area contributed by atoms with Crippen LogP contribution >= 0.6 is 0 Å². The molecular weight excluding hydrogens is 353 g/mol. The highest BCUT2D eigenvalue weighted by Crippen LogP contribution is 2.44. The molecule has 2 heterocycles. The lowest BCUT2D eigenvalue weighted by Gasteiger charge is -2.44. The average molecular weight is 370 g/mol. The van der Waals surface area contributed by atoms with Crippen LogP contribution in [0.15, 0.2) is 35.3 Å². The molecule has 0 unspecified atom stereocenters. The van der Waals surface area contributed by atoms with Gasteiger partial charge in [-0.25, -0.2) is 18.2 Å². The van der Waals surface area contributed by atoms with Crippen LogP contribution < -0.4 is 0 Å². The molecule has 0 atom stereocenters. The van der Waals surface area contributed by atoms with E-state index in [-0.39, 0.29) is 22.7 Å². The number of nitrogens with zero attached hydrogens (tertiary/aromatic N) is 4. The number of rotatable bonds is 1. The molecule has 0 N–H and O–H groups in total. The first kappa shape index (κ1) is 17.6. The lowest BCUT2D eigenvalue weighted by molar-refractivity contribution is 0.293. The van der Waals surface area contributed by atoms with E-state index in [0.717, 1.165) is 6.07 Å². The molecule has 138 valence electrons. The Hall–Kier alpha value is -2.83. The minimum Gasteiger partial charge on any atom is -0.274 e. The molecule has 7 heteroatoms. The largest absolute Gasteiger partial charge is 0.274 e. The number of aliphatic imine (C=N–C) groups is 1. The zero-order valence-electron chi connectivity index (χ0n) is 15.3. The Morgan fingerprint density at radius 2 is 1.59 bits per heavy atom. The van der Waals surface area contributed by atoms with Gasteiger partial charge in [-0.2, -0.15) is 0 Å². The summed E-state index contributed by atoms with van der Waals surface area (Å²) in [6.45, 7) is 7.69. The van der Waals surface area contributed by atoms with Crippen molar-refractivity contribution in [3.05, 3.63) is 64.7 Å². The van der Waals surface area contributed by atoms with E-state index in [4.69, 9.17) is 4.99 Å². The fraction of sp³-hybridized carbons (Fsp3) is 0.300. The molecule has 0 fully saturated rings. The maximum Gasteiger partial charge on any atom is 0.201 e. The smallest absolute Gasteiger partial charge is 0.201 e. The maximum absolute atomic E-state index is 14.7. The Morgan fingerprint density at radius 1 is 0.852 bits per heavy atom. The molecule has 0 saturated carbocycles.